The summed E-state index contributed by atoms with van der Waals surface area (Å²) in [6, 6.07) is 10.1. The molecule has 0 unspecified atom stereocenters. The van der Waals surface area contributed by atoms with E-state index < -0.39 is 5.91 Å². The lowest BCUT2D eigenvalue weighted by Gasteiger charge is -2.13. The number of nitrogens with two attached hydrogens (primary N) is 1. The smallest absolute Gasteiger partial charge is 0.248 e. The predicted molar refractivity (Wildman–Crippen MR) is 84.6 cm³/mol. The van der Waals surface area contributed by atoms with Crippen LogP contribution < -0.4 is 15.8 Å². The van der Waals surface area contributed by atoms with Gasteiger partial charge in [0.15, 0.2) is 0 Å². The molecule has 6 heteroatoms. The van der Waals surface area contributed by atoms with Gasteiger partial charge >= 0.3 is 0 Å². The van der Waals surface area contributed by atoms with Crippen LogP contribution in [0.3, 0.4) is 0 Å². The van der Waals surface area contributed by atoms with Gasteiger partial charge in [-0.05, 0) is 36.4 Å². The van der Waals surface area contributed by atoms with E-state index in [1.807, 2.05) is 6.07 Å². The number of carbonyl (C=O) groups excluding carboxylic acids is 1. The first-order valence-electron chi connectivity index (χ1n) is 6.20. The molecule has 0 saturated carbocycles. The molecule has 21 heavy (non-hydrogen) atoms. The number of hydrogen-bond donors (Lipinski definition) is 3. The van der Waals surface area contributed by atoms with E-state index >= 15 is 0 Å². The van der Waals surface area contributed by atoms with Crippen molar-refractivity contribution in [1.82, 2.24) is 0 Å². The molecule has 4 N–H and O–H groups in total. The zero-order valence-corrected chi connectivity index (χ0v) is 13.0. The number of anilines is 1. The van der Waals surface area contributed by atoms with Crippen molar-refractivity contribution in [2.24, 2.45) is 5.73 Å². The van der Waals surface area contributed by atoms with Crippen LogP contribution in [0.5, 0.6) is 11.5 Å². The van der Waals surface area contributed by atoms with Crippen LogP contribution in [0.1, 0.15) is 15.9 Å². The number of carbonyl (C=O) groups is 1. The summed E-state index contributed by atoms with van der Waals surface area (Å²) in [7, 11) is 1.54. The van der Waals surface area contributed by atoms with Gasteiger partial charge in [0.1, 0.15) is 11.5 Å². The maximum atomic E-state index is 11.2. The minimum absolute atomic E-state index is 0.190. The van der Waals surface area contributed by atoms with Crippen LogP contribution in [-0.2, 0) is 6.54 Å². The van der Waals surface area contributed by atoms with Gasteiger partial charge in [-0.25, -0.2) is 0 Å². The number of nitrogens with one attached hydrogen (secondary N) is 1. The molecule has 0 fully saturated rings. The van der Waals surface area contributed by atoms with Gasteiger partial charge in [0, 0.05) is 22.1 Å². The average Bonchev–Trinajstić information content (AvgIpc) is 2.47. The van der Waals surface area contributed by atoms with Crippen LogP contribution in [0.4, 0.5) is 5.69 Å². The number of phenols is 1. The highest BCUT2D eigenvalue weighted by atomic mass is 79.9. The van der Waals surface area contributed by atoms with Crippen molar-refractivity contribution < 1.29 is 14.6 Å². The number of hydrogen-bond acceptors (Lipinski definition) is 4. The summed E-state index contributed by atoms with van der Waals surface area (Å²) in [5, 5.41) is 12.9. The van der Waals surface area contributed by atoms with Crippen molar-refractivity contribution in [1.29, 1.82) is 0 Å². The van der Waals surface area contributed by atoms with Crippen molar-refractivity contribution in [2.75, 3.05) is 12.4 Å². The summed E-state index contributed by atoms with van der Waals surface area (Å²) < 4.78 is 6.11. The molecule has 0 aliphatic rings. The summed E-state index contributed by atoms with van der Waals surface area (Å²) >= 11 is 3.36. The number of benzene rings is 2. The number of phenolic OH excluding ortho intramolecular Hbond substituents is 1. The van der Waals surface area contributed by atoms with Gasteiger partial charge in [0.25, 0.3) is 0 Å². The third-order valence-corrected chi connectivity index (χ3v) is 3.49. The van der Waals surface area contributed by atoms with E-state index in [1.165, 1.54) is 0 Å². The summed E-state index contributed by atoms with van der Waals surface area (Å²) in [4.78, 5) is 11.2. The molecular formula is C15H15BrN2O3. The number of primary amides is 1. The van der Waals surface area contributed by atoms with Gasteiger partial charge < -0.3 is 20.9 Å². The van der Waals surface area contributed by atoms with Crippen molar-refractivity contribution in [3.05, 3.63) is 52.0 Å². The third kappa shape index (κ3) is 3.66. The molecule has 0 spiro atoms. The molecule has 1 amide bonds. The van der Waals surface area contributed by atoms with Crippen LogP contribution in [0.25, 0.3) is 0 Å². The second-order valence-corrected chi connectivity index (χ2v) is 5.32. The Morgan fingerprint density at radius 3 is 2.76 bits per heavy atom. The van der Waals surface area contributed by atoms with Gasteiger partial charge in [-0.3, -0.25) is 4.79 Å². The topological polar surface area (TPSA) is 84.6 Å². The fourth-order valence-electron chi connectivity index (χ4n) is 1.89. The summed E-state index contributed by atoms with van der Waals surface area (Å²) in [6.45, 7) is 0.379. The highest BCUT2D eigenvalue weighted by molar-refractivity contribution is 9.10. The van der Waals surface area contributed by atoms with Crippen LogP contribution in [-0.4, -0.2) is 18.1 Å². The van der Waals surface area contributed by atoms with Crippen LogP contribution in [0, 0.1) is 0 Å². The molecule has 2 aromatic rings. The number of amides is 1. The number of rotatable bonds is 5. The maximum absolute atomic E-state index is 11.2. The molecule has 2 aromatic carbocycles. The quantitative estimate of drug-likeness (QED) is 0.773. The molecule has 0 aliphatic carbocycles. The first kappa shape index (κ1) is 15.2. The Morgan fingerprint density at radius 2 is 2.10 bits per heavy atom. The molecule has 0 radical (unpaired) electrons. The van der Waals surface area contributed by atoms with Gasteiger partial charge in [-0.1, -0.05) is 15.9 Å². The highest BCUT2D eigenvalue weighted by Crippen LogP contribution is 2.28. The molecule has 2 rings (SSSR count). The molecule has 5 nitrogen and oxygen atoms in total. The van der Waals surface area contributed by atoms with Gasteiger partial charge in [0.05, 0.1) is 12.8 Å². The van der Waals surface area contributed by atoms with Crippen LogP contribution in [0.15, 0.2) is 40.9 Å². The van der Waals surface area contributed by atoms with Crippen LogP contribution in [0.2, 0.25) is 0 Å². The second-order valence-electron chi connectivity index (χ2n) is 4.41. The van der Waals surface area contributed by atoms with Crippen LogP contribution >= 0.6 is 15.9 Å². The minimum Gasteiger partial charge on any atom is -0.508 e. The van der Waals surface area contributed by atoms with E-state index in [2.05, 4.69) is 21.2 Å². The Labute approximate surface area is 130 Å². The standard InChI is InChI=1S/C15H15BrN2O3/c1-21-14-5-2-9(15(17)20)7-12(14)18-8-10-6-11(16)3-4-13(10)19/h2-7,18-19H,8H2,1H3,(H2,17,20). The Balaban J connectivity index is 2.24. The van der Waals surface area contributed by atoms with Crippen molar-refractivity contribution in [3.63, 3.8) is 0 Å². The first-order valence-corrected chi connectivity index (χ1v) is 6.99. The monoisotopic (exact) mass is 350 g/mol. The van der Waals surface area contributed by atoms with Crippen molar-refractivity contribution in [2.45, 2.75) is 6.54 Å². The second kappa shape index (κ2) is 6.49. The largest absolute Gasteiger partial charge is 0.508 e. The SMILES string of the molecule is COc1ccc(C(N)=O)cc1NCc1cc(Br)ccc1O. The van der Waals surface area contributed by atoms with E-state index in [1.54, 1.807) is 37.4 Å². The Morgan fingerprint density at radius 1 is 1.33 bits per heavy atom. The summed E-state index contributed by atoms with van der Waals surface area (Å²) in [6.07, 6.45) is 0. The fourth-order valence-corrected chi connectivity index (χ4v) is 2.29. The summed E-state index contributed by atoms with van der Waals surface area (Å²) in [5.74, 6) is 0.274. The normalized spacial score (nSPS) is 10.2. The maximum Gasteiger partial charge on any atom is 0.248 e. The van der Waals surface area contributed by atoms with Gasteiger partial charge in [-0.2, -0.15) is 0 Å². The number of halogens is 1. The molecule has 0 heterocycles. The minimum atomic E-state index is -0.508. The first-order chi connectivity index (χ1) is 10.0. The van der Waals surface area contributed by atoms with E-state index in [0.717, 1.165) is 10.0 Å². The molecule has 0 aromatic heterocycles. The molecule has 0 saturated heterocycles. The molecule has 0 aliphatic heterocycles. The van der Waals surface area contributed by atoms with E-state index in [9.17, 15) is 9.90 Å². The molecule has 110 valence electrons. The lowest BCUT2D eigenvalue weighted by Crippen LogP contribution is -2.11. The van der Waals surface area contributed by atoms with E-state index in [-0.39, 0.29) is 5.75 Å². The average molecular weight is 351 g/mol. The van der Waals surface area contributed by atoms with Crippen molar-refractivity contribution >= 4 is 27.5 Å². The number of methoxy groups -OCH3 is 1. The molecule has 0 atom stereocenters. The van der Waals surface area contributed by atoms with E-state index in [0.29, 0.717) is 23.5 Å². The van der Waals surface area contributed by atoms with Gasteiger partial charge in [0.2, 0.25) is 5.91 Å². The highest BCUT2D eigenvalue weighted by Gasteiger charge is 2.09. The zero-order valence-electron chi connectivity index (χ0n) is 11.4. The Bertz CT molecular complexity index is 674. The van der Waals surface area contributed by atoms with Crippen molar-refractivity contribution in [3.8, 4) is 11.5 Å². The van der Waals surface area contributed by atoms with Gasteiger partial charge in [-0.15, -0.1) is 0 Å². The molecular weight excluding hydrogens is 336 g/mol. The Kier molecular flexibility index (Phi) is 4.70. The zero-order chi connectivity index (χ0) is 15.4. The summed E-state index contributed by atoms with van der Waals surface area (Å²) in [5.41, 5.74) is 7.01. The molecule has 0 bridgehead atoms. The Hall–Kier alpha value is -2.21. The van der Waals surface area contributed by atoms with E-state index in [4.69, 9.17) is 10.5 Å². The third-order valence-electron chi connectivity index (χ3n) is 2.99. The number of ether oxygens (including phenoxy) is 1. The fraction of sp³-hybridized carbons (Fsp3) is 0.133. The lowest BCUT2D eigenvalue weighted by molar-refractivity contribution is 0.100. The predicted octanol–water partition coefficient (Wildman–Crippen LogP) is 2.87. The number of aromatic hydroxyl groups is 1. The lowest BCUT2D eigenvalue weighted by atomic mass is 10.1.